The molecule has 0 unspecified atom stereocenters. The van der Waals surface area contributed by atoms with Gasteiger partial charge >= 0.3 is 12.7 Å². The van der Waals surface area contributed by atoms with E-state index >= 15 is 0 Å². The van der Waals surface area contributed by atoms with Crippen molar-refractivity contribution < 1.29 is 17.9 Å². The van der Waals surface area contributed by atoms with Crippen molar-refractivity contribution >= 4 is 22.7 Å². The van der Waals surface area contributed by atoms with Crippen LogP contribution in [0.2, 0.25) is 0 Å². The van der Waals surface area contributed by atoms with Gasteiger partial charge < -0.3 is 9.15 Å². The molecule has 6 heteroatoms. The Morgan fingerprint density at radius 3 is 2.93 bits per heavy atom. The van der Waals surface area contributed by atoms with Gasteiger partial charge in [0, 0.05) is 5.56 Å². The van der Waals surface area contributed by atoms with Gasteiger partial charge in [-0.3, -0.25) is 0 Å². The molecule has 0 N–H and O–H groups in total. The number of fused-ring (bicyclic) bond motifs is 1. The van der Waals surface area contributed by atoms with Crippen LogP contribution in [0.25, 0.3) is 11.1 Å². The average molecular weight is 234 g/mol. The first-order valence-corrected chi connectivity index (χ1v) is 4.63. The Bertz CT molecular complexity index is 472. The van der Waals surface area contributed by atoms with Crippen LogP contribution >= 0.6 is 11.6 Å². The van der Waals surface area contributed by atoms with E-state index in [0.29, 0.717) is 16.7 Å². The van der Waals surface area contributed by atoms with E-state index < -0.39 is 12.7 Å². The normalized spacial score (nSPS) is 11.2. The summed E-state index contributed by atoms with van der Waals surface area (Å²) in [6.07, 6.45) is -0.447. The van der Waals surface area contributed by atoms with Gasteiger partial charge in [0.15, 0.2) is 5.58 Å². The Balaban J connectivity index is 2.45. The Hall–Kier alpha value is -1.36. The molecule has 1 aromatic heterocycles. The molecule has 15 heavy (non-hydrogen) atoms. The van der Waals surface area contributed by atoms with Gasteiger partial charge in [0.25, 0.3) is 0 Å². The number of hydrogen-bond acceptors (Lipinski definition) is 3. The number of benzene rings is 1. The standard InChI is InChI=1S/C9H6ClF2NO2/c10-4-5-2-1-3-6-7(5)14-9(13-6)15-8(11)12/h1-3,8H,4H2. The number of hydrogen-bond donors (Lipinski definition) is 0. The zero-order valence-electron chi connectivity index (χ0n) is 7.41. The highest BCUT2D eigenvalue weighted by molar-refractivity contribution is 6.17. The van der Waals surface area contributed by atoms with E-state index in [1.54, 1.807) is 18.2 Å². The van der Waals surface area contributed by atoms with Crippen LogP contribution in [0.3, 0.4) is 0 Å². The average Bonchev–Trinajstić information content (AvgIpc) is 2.58. The highest BCUT2D eigenvalue weighted by atomic mass is 35.5. The van der Waals surface area contributed by atoms with E-state index in [4.69, 9.17) is 16.0 Å². The Morgan fingerprint density at radius 1 is 1.47 bits per heavy atom. The molecule has 2 rings (SSSR count). The highest BCUT2D eigenvalue weighted by Gasteiger charge is 2.13. The number of halogens is 3. The molecule has 0 saturated heterocycles. The molecule has 80 valence electrons. The molecule has 0 aliphatic heterocycles. The van der Waals surface area contributed by atoms with Gasteiger partial charge in [-0.25, -0.2) is 0 Å². The molecule has 0 atom stereocenters. The summed E-state index contributed by atoms with van der Waals surface area (Å²) in [7, 11) is 0. The van der Waals surface area contributed by atoms with Gasteiger partial charge in [0.2, 0.25) is 0 Å². The van der Waals surface area contributed by atoms with Gasteiger partial charge in [-0.2, -0.15) is 13.8 Å². The van der Waals surface area contributed by atoms with Crippen LogP contribution in [0.5, 0.6) is 6.08 Å². The molecule has 0 fully saturated rings. The third-order valence-corrected chi connectivity index (χ3v) is 2.10. The van der Waals surface area contributed by atoms with E-state index in [0.717, 1.165) is 0 Å². The summed E-state index contributed by atoms with van der Waals surface area (Å²) in [5, 5.41) is 0. The van der Waals surface area contributed by atoms with Crippen LogP contribution in [0.15, 0.2) is 22.6 Å². The van der Waals surface area contributed by atoms with E-state index in [1.807, 2.05) is 0 Å². The molecular formula is C9H6ClF2NO2. The number of nitrogens with zero attached hydrogens (tertiary/aromatic N) is 1. The summed E-state index contributed by atoms with van der Waals surface area (Å²) < 4.78 is 32.8. The van der Waals surface area contributed by atoms with Crippen molar-refractivity contribution in [2.45, 2.75) is 12.5 Å². The molecule has 0 radical (unpaired) electrons. The fourth-order valence-electron chi connectivity index (χ4n) is 1.22. The Morgan fingerprint density at radius 2 is 2.27 bits per heavy atom. The summed E-state index contributed by atoms with van der Waals surface area (Å²) in [6, 6.07) is 5.08. The molecule has 2 aromatic rings. The predicted octanol–water partition coefficient (Wildman–Crippen LogP) is 3.17. The molecule has 0 amide bonds. The molecule has 0 saturated carbocycles. The largest absolute Gasteiger partial charge is 0.408 e. The van der Waals surface area contributed by atoms with Gasteiger partial charge in [-0.1, -0.05) is 12.1 Å². The molecule has 1 aromatic carbocycles. The van der Waals surface area contributed by atoms with Gasteiger partial charge in [0.1, 0.15) is 5.52 Å². The second-order valence-corrected chi connectivity index (χ2v) is 3.02. The van der Waals surface area contributed by atoms with Crippen LogP contribution in [0, 0.1) is 0 Å². The second kappa shape index (κ2) is 4.02. The highest BCUT2D eigenvalue weighted by Crippen LogP contribution is 2.25. The van der Waals surface area contributed by atoms with Crippen molar-refractivity contribution in [2.24, 2.45) is 0 Å². The number of alkyl halides is 3. The summed E-state index contributed by atoms with van der Waals surface area (Å²) in [5.41, 5.74) is 1.51. The number of oxazole rings is 1. The summed E-state index contributed by atoms with van der Waals surface area (Å²) in [4.78, 5) is 3.73. The predicted molar refractivity (Wildman–Crippen MR) is 50.2 cm³/mol. The minimum absolute atomic E-state index is 0.223. The maximum atomic E-state index is 11.9. The van der Waals surface area contributed by atoms with Crippen molar-refractivity contribution in [3.63, 3.8) is 0 Å². The number of ether oxygens (including phenoxy) is 1. The number of aromatic nitrogens is 1. The Kier molecular flexibility index (Phi) is 2.73. The topological polar surface area (TPSA) is 35.3 Å². The van der Waals surface area contributed by atoms with Crippen LogP contribution in [0.4, 0.5) is 8.78 Å². The third-order valence-electron chi connectivity index (χ3n) is 1.81. The second-order valence-electron chi connectivity index (χ2n) is 2.76. The molecule has 0 spiro atoms. The van der Waals surface area contributed by atoms with E-state index in [9.17, 15) is 8.78 Å². The van der Waals surface area contributed by atoms with E-state index in [1.165, 1.54) is 0 Å². The van der Waals surface area contributed by atoms with Crippen LogP contribution in [-0.4, -0.2) is 11.6 Å². The molecule has 0 aliphatic carbocycles. The van der Waals surface area contributed by atoms with Crippen LogP contribution < -0.4 is 4.74 Å². The van der Waals surface area contributed by atoms with E-state index in [2.05, 4.69) is 9.72 Å². The van der Waals surface area contributed by atoms with Crippen molar-refractivity contribution in [1.29, 1.82) is 0 Å². The molecule has 3 nitrogen and oxygen atoms in total. The molecule has 0 bridgehead atoms. The monoisotopic (exact) mass is 233 g/mol. The maximum absolute atomic E-state index is 11.9. The first-order chi connectivity index (χ1) is 7.20. The van der Waals surface area contributed by atoms with Gasteiger partial charge in [-0.15, -0.1) is 11.6 Å². The first kappa shape index (κ1) is 10.2. The molecule has 1 heterocycles. The van der Waals surface area contributed by atoms with Crippen LogP contribution in [0.1, 0.15) is 5.56 Å². The van der Waals surface area contributed by atoms with Crippen molar-refractivity contribution in [3.05, 3.63) is 23.8 Å². The summed E-state index contributed by atoms with van der Waals surface area (Å²) in [6.45, 7) is -2.95. The zero-order chi connectivity index (χ0) is 10.8. The van der Waals surface area contributed by atoms with E-state index in [-0.39, 0.29) is 5.88 Å². The van der Waals surface area contributed by atoms with Gasteiger partial charge in [0.05, 0.1) is 5.88 Å². The lowest BCUT2D eigenvalue weighted by molar-refractivity contribution is -0.0664. The van der Waals surface area contributed by atoms with Gasteiger partial charge in [-0.05, 0) is 6.07 Å². The van der Waals surface area contributed by atoms with Crippen molar-refractivity contribution in [2.75, 3.05) is 0 Å². The maximum Gasteiger partial charge on any atom is 0.399 e. The lowest BCUT2D eigenvalue weighted by Gasteiger charge is -1.95. The number of rotatable bonds is 3. The summed E-state index contributed by atoms with van der Waals surface area (Å²) in [5.74, 6) is 0.223. The fourth-order valence-corrected chi connectivity index (χ4v) is 1.43. The van der Waals surface area contributed by atoms with Crippen LogP contribution in [-0.2, 0) is 5.88 Å². The minimum atomic E-state index is -2.95. The third kappa shape index (κ3) is 2.02. The smallest absolute Gasteiger partial charge is 0.399 e. The fraction of sp³-hybridized carbons (Fsp3) is 0.222. The molecular weight excluding hydrogens is 228 g/mol. The van der Waals surface area contributed by atoms with Crippen molar-refractivity contribution in [1.82, 2.24) is 4.98 Å². The lowest BCUT2D eigenvalue weighted by Crippen LogP contribution is -2.01. The quantitative estimate of drug-likeness (QED) is 0.764. The lowest BCUT2D eigenvalue weighted by atomic mass is 10.2. The first-order valence-electron chi connectivity index (χ1n) is 4.10. The SMILES string of the molecule is FC(F)Oc1nc2cccc(CCl)c2o1. The number of para-hydroxylation sites is 1. The van der Waals surface area contributed by atoms with Crippen molar-refractivity contribution in [3.8, 4) is 6.08 Å². The Labute approximate surface area is 88.6 Å². The minimum Gasteiger partial charge on any atom is -0.408 e. The molecule has 0 aliphatic rings. The summed E-state index contributed by atoms with van der Waals surface area (Å²) >= 11 is 5.64. The zero-order valence-corrected chi connectivity index (χ0v) is 8.17.